The summed E-state index contributed by atoms with van der Waals surface area (Å²) in [5.41, 5.74) is -1.16. The van der Waals surface area contributed by atoms with Crippen molar-refractivity contribution in [2.45, 2.75) is 129 Å². The van der Waals surface area contributed by atoms with Gasteiger partial charge in [-0.2, -0.15) is 0 Å². The fourth-order valence-electron chi connectivity index (χ4n) is 6.46. The third-order valence-electron chi connectivity index (χ3n) is 8.64. The standard InChI is InChI=1S/C29H48O5/c1-5-6-7-8-9-10-11-12-13-14-25(30)26-24-18-21-17-22(16-15-20(2)3)33-19-23(21)27(31)29(24,4)34-28(26)32/h20-24,26H,5-19H2,1-4H3/t21-,22-,23-,24-,26+,29+/m1/s1. The van der Waals surface area contributed by atoms with Gasteiger partial charge in [0.25, 0.3) is 0 Å². The van der Waals surface area contributed by atoms with Crippen molar-refractivity contribution in [2.24, 2.45) is 29.6 Å². The lowest BCUT2D eigenvalue weighted by atomic mass is 9.60. The predicted octanol–water partition coefficient (Wildman–Crippen LogP) is 6.45. The van der Waals surface area contributed by atoms with Gasteiger partial charge in [0, 0.05) is 18.3 Å². The summed E-state index contributed by atoms with van der Waals surface area (Å²) in [5.74, 6) is -0.993. The Balaban J connectivity index is 1.51. The lowest BCUT2D eigenvalue weighted by Crippen LogP contribution is -2.56. The molecule has 3 fully saturated rings. The van der Waals surface area contributed by atoms with Gasteiger partial charge in [-0.15, -0.1) is 0 Å². The zero-order valence-electron chi connectivity index (χ0n) is 22.1. The van der Waals surface area contributed by atoms with Crippen molar-refractivity contribution in [2.75, 3.05) is 6.61 Å². The molecule has 2 saturated heterocycles. The minimum atomic E-state index is -1.16. The van der Waals surface area contributed by atoms with Gasteiger partial charge in [0.1, 0.15) is 11.7 Å². The average molecular weight is 477 g/mol. The lowest BCUT2D eigenvalue weighted by molar-refractivity contribution is -0.172. The van der Waals surface area contributed by atoms with Crippen LogP contribution in [0.5, 0.6) is 0 Å². The highest BCUT2D eigenvalue weighted by Crippen LogP contribution is 2.51. The molecule has 2 heterocycles. The van der Waals surface area contributed by atoms with Gasteiger partial charge in [0.05, 0.1) is 12.7 Å². The van der Waals surface area contributed by atoms with Crippen LogP contribution < -0.4 is 0 Å². The normalized spacial score (nSPS) is 33.0. The molecule has 194 valence electrons. The van der Waals surface area contributed by atoms with Crippen molar-refractivity contribution in [1.82, 2.24) is 0 Å². The Morgan fingerprint density at radius 3 is 2.29 bits per heavy atom. The van der Waals surface area contributed by atoms with E-state index in [4.69, 9.17) is 9.47 Å². The molecule has 1 aliphatic carbocycles. The third-order valence-corrected chi connectivity index (χ3v) is 8.64. The molecule has 34 heavy (non-hydrogen) atoms. The molecule has 6 atom stereocenters. The number of esters is 1. The van der Waals surface area contributed by atoms with Gasteiger partial charge in [0.2, 0.25) is 0 Å². The molecular formula is C29H48O5. The number of unbranched alkanes of at least 4 members (excludes halogenated alkanes) is 8. The molecule has 0 radical (unpaired) electrons. The molecule has 2 aliphatic heterocycles. The number of ether oxygens (including phenoxy) is 2. The highest BCUT2D eigenvalue weighted by molar-refractivity contribution is 6.05. The molecule has 0 unspecified atom stereocenters. The number of carbonyl (C=O) groups excluding carboxylic acids is 3. The average Bonchev–Trinajstić information content (AvgIpc) is 3.06. The number of hydrogen-bond acceptors (Lipinski definition) is 5. The van der Waals surface area contributed by atoms with Crippen molar-refractivity contribution in [3.8, 4) is 0 Å². The fourth-order valence-corrected chi connectivity index (χ4v) is 6.46. The van der Waals surface area contributed by atoms with E-state index < -0.39 is 17.5 Å². The van der Waals surface area contributed by atoms with E-state index in [-0.39, 0.29) is 35.4 Å². The largest absolute Gasteiger partial charge is 0.450 e. The molecule has 5 heteroatoms. The SMILES string of the molecule is CCCCCCCCCCCC(=O)[C@H]1C(=O)O[C@]2(C)C(=O)[C@@H]3CO[C@H](CCC(C)C)C[C@@H]3C[C@H]12. The Bertz CT molecular complexity index is 701. The van der Waals surface area contributed by atoms with Crippen LogP contribution >= 0.6 is 0 Å². The van der Waals surface area contributed by atoms with Gasteiger partial charge in [0.15, 0.2) is 11.4 Å². The number of fused-ring (bicyclic) bond motifs is 2. The van der Waals surface area contributed by atoms with E-state index in [1.54, 1.807) is 6.92 Å². The Kier molecular flexibility index (Phi) is 10.2. The lowest BCUT2D eigenvalue weighted by Gasteiger charge is -2.46. The summed E-state index contributed by atoms with van der Waals surface area (Å²) in [6.45, 7) is 8.82. The van der Waals surface area contributed by atoms with E-state index in [0.29, 0.717) is 25.4 Å². The summed E-state index contributed by atoms with van der Waals surface area (Å²) in [4.78, 5) is 39.4. The van der Waals surface area contributed by atoms with Gasteiger partial charge in [-0.25, -0.2) is 0 Å². The minimum absolute atomic E-state index is 0.0173. The summed E-state index contributed by atoms with van der Waals surface area (Å²) >= 11 is 0. The molecule has 3 rings (SSSR count). The number of ketones is 2. The van der Waals surface area contributed by atoms with Crippen LogP contribution in [-0.2, 0) is 23.9 Å². The topological polar surface area (TPSA) is 69.7 Å². The van der Waals surface area contributed by atoms with Gasteiger partial charge >= 0.3 is 5.97 Å². The van der Waals surface area contributed by atoms with Crippen LogP contribution in [0.25, 0.3) is 0 Å². The van der Waals surface area contributed by atoms with E-state index in [1.165, 1.54) is 38.5 Å². The van der Waals surface area contributed by atoms with Gasteiger partial charge < -0.3 is 9.47 Å². The van der Waals surface area contributed by atoms with Crippen molar-refractivity contribution < 1.29 is 23.9 Å². The highest BCUT2D eigenvalue weighted by atomic mass is 16.6. The Labute approximate surface area is 207 Å². The van der Waals surface area contributed by atoms with Crippen molar-refractivity contribution >= 4 is 17.5 Å². The smallest absolute Gasteiger partial charge is 0.317 e. The second kappa shape index (κ2) is 12.6. The maximum Gasteiger partial charge on any atom is 0.317 e. The summed E-state index contributed by atoms with van der Waals surface area (Å²) in [6.07, 6.45) is 15.0. The van der Waals surface area contributed by atoms with Crippen LogP contribution in [0.4, 0.5) is 0 Å². The van der Waals surface area contributed by atoms with Crippen LogP contribution in [0.1, 0.15) is 118 Å². The van der Waals surface area contributed by atoms with Crippen LogP contribution in [0.2, 0.25) is 0 Å². The molecule has 3 aliphatic rings. The summed E-state index contributed by atoms with van der Waals surface area (Å²) in [5, 5.41) is 0. The Morgan fingerprint density at radius 2 is 1.65 bits per heavy atom. The predicted molar refractivity (Wildman–Crippen MR) is 133 cm³/mol. The van der Waals surface area contributed by atoms with E-state index in [0.717, 1.165) is 38.5 Å². The zero-order chi connectivity index (χ0) is 24.7. The first-order valence-corrected chi connectivity index (χ1v) is 14.2. The summed E-state index contributed by atoms with van der Waals surface area (Å²) in [6, 6.07) is 0. The van der Waals surface area contributed by atoms with Crippen molar-refractivity contribution in [3.63, 3.8) is 0 Å². The maximum atomic E-state index is 13.4. The highest BCUT2D eigenvalue weighted by Gasteiger charge is 2.64. The van der Waals surface area contributed by atoms with Crippen LogP contribution in [0.15, 0.2) is 0 Å². The van der Waals surface area contributed by atoms with E-state index in [9.17, 15) is 14.4 Å². The first-order chi connectivity index (χ1) is 16.3. The number of rotatable bonds is 14. The monoisotopic (exact) mass is 476 g/mol. The molecule has 0 amide bonds. The molecule has 0 aromatic rings. The molecule has 0 bridgehead atoms. The van der Waals surface area contributed by atoms with Gasteiger partial charge in [-0.3, -0.25) is 14.4 Å². The van der Waals surface area contributed by atoms with Crippen LogP contribution in [-0.4, -0.2) is 35.8 Å². The summed E-state index contributed by atoms with van der Waals surface area (Å²) in [7, 11) is 0. The zero-order valence-corrected chi connectivity index (χ0v) is 22.1. The Hall–Kier alpha value is -1.23. The first kappa shape index (κ1) is 27.4. The van der Waals surface area contributed by atoms with Gasteiger partial charge in [-0.1, -0.05) is 72.1 Å². The molecule has 0 aromatic carbocycles. The summed E-state index contributed by atoms with van der Waals surface area (Å²) < 4.78 is 11.7. The molecule has 0 N–H and O–H groups in total. The van der Waals surface area contributed by atoms with Crippen molar-refractivity contribution in [1.29, 1.82) is 0 Å². The second-order valence-electron chi connectivity index (χ2n) is 11.8. The maximum absolute atomic E-state index is 13.4. The fraction of sp³-hybridized carbons (Fsp3) is 0.897. The van der Waals surface area contributed by atoms with Crippen LogP contribution in [0, 0.1) is 29.6 Å². The number of carbonyl (C=O) groups is 3. The molecule has 5 nitrogen and oxygen atoms in total. The van der Waals surface area contributed by atoms with E-state index in [2.05, 4.69) is 20.8 Å². The van der Waals surface area contributed by atoms with E-state index in [1.807, 2.05) is 0 Å². The molecule has 0 aromatic heterocycles. The van der Waals surface area contributed by atoms with Gasteiger partial charge in [-0.05, 0) is 50.9 Å². The molecular weight excluding hydrogens is 428 g/mol. The third kappa shape index (κ3) is 6.50. The van der Waals surface area contributed by atoms with Crippen LogP contribution in [0.3, 0.4) is 0 Å². The number of hydrogen-bond donors (Lipinski definition) is 0. The minimum Gasteiger partial charge on any atom is -0.450 e. The molecule has 0 spiro atoms. The number of Topliss-reactive ketones (excluding diaryl/α,β-unsaturated/α-hetero) is 2. The second-order valence-corrected chi connectivity index (χ2v) is 11.8. The molecule has 1 saturated carbocycles. The Morgan fingerprint density at radius 1 is 1.00 bits per heavy atom. The first-order valence-electron chi connectivity index (χ1n) is 14.2. The quantitative estimate of drug-likeness (QED) is 0.164. The van der Waals surface area contributed by atoms with Crippen molar-refractivity contribution in [3.05, 3.63) is 0 Å². The van der Waals surface area contributed by atoms with E-state index >= 15 is 0 Å².